The van der Waals surface area contributed by atoms with E-state index in [-0.39, 0.29) is 50.9 Å². The number of nitrogens with zero attached hydrogens (tertiary/aromatic N) is 3. The van der Waals surface area contributed by atoms with Crippen molar-refractivity contribution in [1.82, 2.24) is 14.5 Å². The summed E-state index contributed by atoms with van der Waals surface area (Å²) in [5, 5.41) is 12.5. The number of aromatic nitrogens is 3. The van der Waals surface area contributed by atoms with E-state index in [0.717, 1.165) is 10.6 Å². The Labute approximate surface area is 207 Å². The largest absolute Gasteiger partial charge is 0.573 e. The van der Waals surface area contributed by atoms with E-state index in [0.29, 0.717) is 5.56 Å². The van der Waals surface area contributed by atoms with Crippen LogP contribution in [0.4, 0.5) is 18.9 Å². The molecule has 2 aromatic heterocycles. The van der Waals surface area contributed by atoms with Crippen molar-refractivity contribution < 1.29 is 27.8 Å². The van der Waals surface area contributed by atoms with E-state index in [2.05, 4.69) is 20.0 Å². The van der Waals surface area contributed by atoms with Crippen LogP contribution in [0.15, 0.2) is 53.6 Å². The van der Waals surface area contributed by atoms with Gasteiger partial charge in [0.15, 0.2) is 5.75 Å². The van der Waals surface area contributed by atoms with Gasteiger partial charge in [0.25, 0.3) is 11.5 Å². The summed E-state index contributed by atoms with van der Waals surface area (Å²) < 4.78 is 43.6. The number of alkyl halides is 3. The van der Waals surface area contributed by atoms with Gasteiger partial charge in [0.05, 0.1) is 40.2 Å². The third-order valence-electron chi connectivity index (χ3n) is 5.33. The van der Waals surface area contributed by atoms with Crippen LogP contribution < -0.4 is 15.6 Å². The summed E-state index contributed by atoms with van der Waals surface area (Å²) in [5.41, 5.74) is 0.538. The number of nitrogens with one attached hydrogen (secondary N) is 1. The zero-order valence-electron chi connectivity index (χ0n) is 18.9. The van der Waals surface area contributed by atoms with Crippen LogP contribution in [0.25, 0.3) is 10.9 Å². The predicted molar refractivity (Wildman–Crippen MR) is 127 cm³/mol. The lowest BCUT2D eigenvalue weighted by Gasteiger charge is -2.15. The van der Waals surface area contributed by atoms with Gasteiger partial charge in [-0.1, -0.05) is 35.9 Å². The number of aryl methyl sites for hydroxylation is 2. The first-order valence-electron chi connectivity index (χ1n) is 10.4. The number of anilines is 1. The zero-order chi connectivity index (χ0) is 26.2. The number of carbonyl (C=O) groups excluding carboxylic acids is 1. The number of ether oxygens (including phenoxy) is 1. The molecule has 4 rings (SSSR count). The quantitative estimate of drug-likeness (QED) is 0.386. The molecule has 2 heterocycles. The van der Waals surface area contributed by atoms with Crippen molar-refractivity contribution in [2.45, 2.75) is 26.8 Å². The van der Waals surface area contributed by atoms with Gasteiger partial charge in [-0.15, -0.1) is 13.2 Å². The number of hydrogen-bond acceptors (Lipinski definition) is 6. The van der Waals surface area contributed by atoms with Gasteiger partial charge < -0.3 is 15.2 Å². The number of amides is 1. The lowest BCUT2D eigenvalue weighted by Crippen LogP contribution is -2.25. The molecule has 2 N–H and O–H groups in total. The molecule has 0 aliphatic rings. The van der Waals surface area contributed by atoms with Crippen molar-refractivity contribution in [3.63, 3.8) is 0 Å². The van der Waals surface area contributed by atoms with Crippen LogP contribution in [-0.2, 0) is 6.54 Å². The molecule has 0 saturated carbocycles. The summed E-state index contributed by atoms with van der Waals surface area (Å²) in [7, 11) is 0. The van der Waals surface area contributed by atoms with Crippen LogP contribution in [-0.4, -0.2) is 31.9 Å². The highest BCUT2D eigenvalue weighted by Gasteiger charge is 2.32. The Morgan fingerprint density at radius 3 is 2.61 bits per heavy atom. The molecule has 2 aromatic carbocycles. The van der Waals surface area contributed by atoms with Crippen molar-refractivity contribution in [3.8, 4) is 11.5 Å². The second kappa shape index (κ2) is 9.50. The van der Waals surface area contributed by atoms with Gasteiger partial charge in [0, 0.05) is 5.56 Å². The molecule has 0 bridgehead atoms. The topological polar surface area (TPSA) is 106 Å². The third-order valence-corrected chi connectivity index (χ3v) is 5.62. The average molecular weight is 519 g/mol. The molecule has 0 unspecified atom stereocenters. The van der Waals surface area contributed by atoms with E-state index in [9.17, 15) is 27.9 Å². The number of rotatable bonds is 5. The Bertz CT molecular complexity index is 1530. The molecule has 186 valence electrons. The maximum Gasteiger partial charge on any atom is 0.573 e. The number of para-hydroxylation sites is 1. The number of carbonyl (C=O) groups is 1. The van der Waals surface area contributed by atoms with Crippen molar-refractivity contribution in [3.05, 3.63) is 86.7 Å². The molecule has 0 radical (unpaired) electrons. The van der Waals surface area contributed by atoms with Crippen LogP contribution in [0.1, 0.15) is 27.3 Å². The Morgan fingerprint density at radius 2 is 1.92 bits per heavy atom. The highest BCUT2D eigenvalue weighted by Crippen LogP contribution is 2.29. The summed E-state index contributed by atoms with van der Waals surface area (Å²) in [5.74, 6) is -1.38. The number of pyridine rings is 1. The van der Waals surface area contributed by atoms with Crippen LogP contribution in [0, 0.1) is 13.8 Å². The molecule has 8 nitrogen and oxygen atoms in total. The van der Waals surface area contributed by atoms with Gasteiger partial charge >= 0.3 is 6.36 Å². The summed E-state index contributed by atoms with van der Waals surface area (Å²) >= 11 is 5.95. The smallest absolute Gasteiger partial charge is 0.505 e. The van der Waals surface area contributed by atoms with Gasteiger partial charge in [-0.25, -0.2) is 9.97 Å². The third kappa shape index (κ3) is 5.10. The van der Waals surface area contributed by atoms with E-state index < -0.39 is 23.6 Å². The first-order valence-corrected chi connectivity index (χ1v) is 10.8. The van der Waals surface area contributed by atoms with Gasteiger partial charge in [0.1, 0.15) is 11.4 Å². The fourth-order valence-corrected chi connectivity index (χ4v) is 3.82. The highest BCUT2D eigenvalue weighted by atomic mass is 35.5. The Morgan fingerprint density at radius 1 is 1.19 bits per heavy atom. The number of fused-ring (bicyclic) bond motifs is 1. The van der Waals surface area contributed by atoms with Crippen LogP contribution in [0.2, 0.25) is 5.02 Å². The van der Waals surface area contributed by atoms with E-state index in [1.54, 1.807) is 19.1 Å². The zero-order valence-corrected chi connectivity index (χ0v) is 19.6. The molecular formula is C24H18ClF3N4O4. The fourth-order valence-electron chi connectivity index (χ4n) is 3.58. The lowest BCUT2D eigenvalue weighted by atomic mass is 10.1. The molecular weight excluding hydrogens is 501 g/mol. The lowest BCUT2D eigenvalue weighted by molar-refractivity contribution is -0.274. The van der Waals surface area contributed by atoms with Crippen molar-refractivity contribution >= 4 is 34.1 Å². The second-order valence-electron chi connectivity index (χ2n) is 7.86. The van der Waals surface area contributed by atoms with Gasteiger partial charge in [-0.05, 0) is 37.6 Å². The minimum absolute atomic E-state index is 0.0571. The molecule has 1 amide bonds. The fraction of sp³-hybridized carbons (Fsp3) is 0.167. The summed E-state index contributed by atoms with van der Waals surface area (Å²) in [6.45, 7) is 2.88. The first-order chi connectivity index (χ1) is 16.9. The number of aromatic hydroxyl groups is 1. The SMILES string of the molecule is Cc1ccc2ncn(Cc3ccccc3OC(F)(F)F)c(=O)c2c1NC(=O)c1cc(Cl)c(O)c(C)n1. The van der Waals surface area contributed by atoms with Crippen LogP contribution >= 0.6 is 11.6 Å². The molecule has 0 aliphatic carbocycles. The summed E-state index contributed by atoms with van der Waals surface area (Å²) in [6.07, 6.45) is -3.69. The normalized spacial score (nSPS) is 11.5. The first kappa shape index (κ1) is 25.0. The number of hydrogen-bond donors (Lipinski definition) is 2. The van der Waals surface area contributed by atoms with Crippen molar-refractivity contribution in [2.75, 3.05) is 5.32 Å². The number of halogens is 4. The van der Waals surface area contributed by atoms with Crippen LogP contribution in [0.3, 0.4) is 0 Å². The molecule has 12 heteroatoms. The van der Waals surface area contributed by atoms with E-state index >= 15 is 0 Å². The Hall–Kier alpha value is -4.12. The average Bonchev–Trinajstić information content (AvgIpc) is 2.80. The molecule has 0 fully saturated rings. The molecule has 0 spiro atoms. The maximum absolute atomic E-state index is 13.4. The molecule has 0 atom stereocenters. The molecule has 0 aliphatic heterocycles. The van der Waals surface area contributed by atoms with Crippen LogP contribution in [0.5, 0.6) is 11.5 Å². The van der Waals surface area contributed by atoms with Crippen molar-refractivity contribution in [1.29, 1.82) is 0 Å². The van der Waals surface area contributed by atoms with E-state index in [1.807, 2.05) is 0 Å². The standard InChI is InChI=1S/C24H18ClF3N4O4/c1-12-7-8-16-19(20(12)31-22(34)17-9-15(25)21(33)13(2)30-17)23(35)32(11-29-16)10-14-5-3-4-6-18(14)36-24(26,27)28/h3-9,11,33H,10H2,1-2H3,(H,31,34). The number of benzene rings is 2. The van der Waals surface area contributed by atoms with E-state index in [1.165, 1.54) is 37.5 Å². The predicted octanol–water partition coefficient (Wildman–Crippen LogP) is 4.97. The van der Waals surface area contributed by atoms with Crippen molar-refractivity contribution in [2.24, 2.45) is 0 Å². The van der Waals surface area contributed by atoms with E-state index in [4.69, 9.17) is 11.6 Å². The van der Waals surface area contributed by atoms with Gasteiger partial charge in [-0.2, -0.15) is 0 Å². The molecule has 36 heavy (non-hydrogen) atoms. The molecule has 4 aromatic rings. The monoisotopic (exact) mass is 518 g/mol. The minimum Gasteiger partial charge on any atom is -0.505 e. The second-order valence-corrected chi connectivity index (χ2v) is 8.27. The Balaban J connectivity index is 1.76. The Kier molecular flexibility index (Phi) is 6.59. The van der Waals surface area contributed by atoms with Gasteiger partial charge in [-0.3, -0.25) is 14.2 Å². The highest BCUT2D eigenvalue weighted by molar-refractivity contribution is 6.32. The minimum atomic E-state index is -4.90. The summed E-state index contributed by atoms with van der Waals surface area (Å²) in [4.78, 5) is 34.6. The van der Waals surface area contributed by atoms with Gasteiger partial charge in [0.2, 0.25) is 0 Å². The maximum atomic E-state index is 13.4. The molecule has 0 saturated heterocycles. The summed E-state index contributed by atoms with van der Waals surface area (Å²) in [6, 6.07) is 9.89.